The van der Waals surface area contributed by atoms with E-state index in [9.17, 15) is 4.79 Å². The van der Waals surface area contributed by atoms with Gasteiger partial charge in [-0.1, -0.05) is 0 Å². The Kier molecular flexibility index (Phi) is 6.00. The third-order valence-electron chi connectivity index (χ3n) is 2.47. The van der Waals surface area contributed by atoms with Crippen LogP contribution in [0.4, 0.5) is 11.4 Å². The molecule has 0 unspecified atom stereocenters. The second-order valence-electron chi connectivity index (χ2n) is 3.94. The predicted octanol–water partition coefficient (Wildman–Crippen LogP) is 1.47. The molecule has 0 bridgehead atoms. The van der Waals surface area contributed by atoms with Crippen LogP contribution in [0.1, 0.15) is 23.7 Å². The van der Waals surface area contributed by atoms with Crippen molar-refractivity contribution in [1.29, 1.82) is 0 Å². The number of carbonyl (C=O) groups excluding carboxylic acids is 1. The number of amides is 1. The summed E-state index contributed by atoms with van der Waals surface area (Å²) in [7, 11) is 1.67. The molecule has 1 amide bonds. The van der Waals surface area contributed by atoms with Crippen LogP contribution in [-0.4, -0.2) is 32.7 Å². The Balaban J connectivity index is 2.73. The third-order valence-corrected chi connectivity index (χ3v) is 2.47. The lowest BCUT2D eigenvalue weighted by Gasteiger charge is -2.12. The van der Waals surface area contributed by atoms with Gasteiger partial charge in [0.05, 0.1) is 5.56 Å². The summed E-state index contributed by atoms with van der Waals surface area (Å²) in [5.41, 5.74) is 7.67. The zero-order chi connectivity index (χ0) is 13.4. The number of rotatable bonds is 7. The largest absolute Gasteiger partial charge is 0.399 e. The van der Waals surface area contributed by atoms with Gasteiger partial charge < -0.3 is 21.1 Å². The molecule has 0 fully saturated rings. The number of hydrogen-bond donors (Lipinski definition) is 3. The molecular weight excluding hydrogens is 230 g/mol. The molecule has 0 heterocycles. The Bertz CT molecular complexity index is 394. The minimum atomic E-state index is -0.112. The Hall–Kier alpha value is -1.75. The van der Waals surface area contributed by atoms with E-state index < -0.39 is 0 Å². The highest BCUT2D eigenvalue weighted by atomic mass is 16.5. The lowest BCUT2D eigenvalue weighted by atomic mass is 10.1. The van der Waals surface area contributed by atoms with E-state index in [1.54, 1.807) is 19.2 Å². The third kappa shape index (κ3) is 4.25. The van der Waals surface area contributed by atoms with Gasteiger partial charge >= 0.3 is 0 Å². The van der Waals surface area contributed by atoms with Crippen LogP contribution in [0.3, 0.4) is 0 Å². The van der Waals surface area contributed by atoms with Crippen LogP contribution in [0.5, 0.6) is 0 Å². The van der Waals surface area contributed by atoms with E-state index in [4.69, 9.17) is 10.5 Å². The first-order valence-corrected chi connectivity index (χ1v) is 6.09. The monoisotopic (exact) mass is 251 g/mol. The number of carbonyl (C=O) groups is 1. The topological polar surface area (TPSA) is 76.4 Å². The van der Waals surface area contributed by atoms with Crippen LogP contribution >= 0.6 is 0 Å². The van der Waals surface area contributed by atoms with Gasteiger partial charge in [-0.15, -0.1) is 0 Å². The van der Waals surface area contributed by atoms with Crippen molar-refractivity contribution in [2.24, 2.45) is 0 Å². The number of methoxy groups -OCH3 is 1. The van der Waals surface area contributed by atoms with Crippen molar-refractivity contribution in [1.82, 2.24) is 5.32 Å². The number of anilines is 2. The molecule has 18 heavy (non-hydrogen) atoms. The molecule has 1 aromatic rings. The fourth-order valence-electron chi connectivity index (χ4n) is 1.60. The summed E-state index contributed by atoms with van der Waals surface area (Å²) in [5.74, 6) is -0.112. The molecule has 5 nitrogen and oxygen atoms in total. The van der Waals surface area contributed by atoms with Crippen LogP contribution in [0, 0.1) is 0 Å². The lowest BCUT2D eigenvalue weighted by Crippen LogP contribution is -2.24. The van der Waals surface area contributed by atoms with Crippen LogP contribution in [0.25, 0.3) is 0 Å². The van der Waals surface area contributed by atoms with Crippen LogP contribution in [0.15, 0.2) is 18.2 Å². The number of benzene rings is 1. The Morgan fingerprint density at radius 3 is 2.89 bits per heavy atom. The summed E-state index contributed by atoms with van der Waals surface area (Å²) in [4.78, 5) is 11.9. The number of nitrogens with two attached hydrogens (primary N) is 1. The molecule has 1 rings (SSSR count). The maximum Gasteiger partial charge on any atom is 0.253 e. The fraction of sp³-hybridized carbons (Fsp3) is 0.462. The van der Waals surface area contributed by atoms with Crippen LogP contribution in [0.2, 0.25) is 0 Å². The molecule has 0 aliphatic rings. The van der Waals surface area contributed by atoms with Gasteiger partial charge in [0.1, 0.15) is 0 Å². The quantitative estimate of drug-likeness (QED) is 0.506. The highest BCUT2D eigenvalue weighted by molar-refractivity contribution is 6.00. The van der Waals surface area contributed by atoms with Crippen molar-refractivity contribution in [2.75, 3.05) is 37.9 Å². The predicted molar refractivity (Wildman–Crippen MR) is 73.8 cm³/mol. The maximum absolute atomic E-state index is 11.9. The van der Waals surface area contributed by atoms with Crippen LogP contribution in [-0.2, 0) is 4.74 Å². The molecule has 5 heteroatoms. The first-order chi connectivity index (χ1) is 8.69. The molecule has 0 radical (unpaired) electrons. The minimum absolute atomic E-state index is 0.112. The summed E-state index contributed by atoms with van der Waals surface area (Å²) < 4.78 is 4.98. The molecular formula is C13H21N3O2. The van der Waals surface area contributed by atoms with Crippen LogP contribution < -0.4 is 16.4 Å². The maximum atomic E-state index is 11.9. The summed E-state index contributed by atoms with van der Waals surface area (Å²) in [6, 6.07) is 5.29. The zero-order valence-electron chi connectivity index (χ0n) is 11.0. The smallest absolute Gasteiger partial charge is 0.253 e. The van der Waals surface area contributed by atoms with E-state index in [1.807, 2.05) is 13.0 Å². The van der Waals surface area contributed by atoms with Gasteiger partial charge in [-0.05, 0) is 31.5 Å². The molecule has 0 saturated heterocycles. The summed E-state index contributed by atoms with van der Waals surface area (Å²) in [5, 5.41) is 5.99. The second kappa shape index (κ2) is 7.55. The first-order valence-electron chi connectivity index (χ1n) is 6.09. The molecule has 0 aliphatic heterocycles. The number of nitrogen functional groups attached to an aromatic ring is 1. The molecule has 0 aliphatic carbocycles. The lowest BCUT2D eigenvalue weighted by molar-refractivity contribution is 0.0956. The van der Waals surface area contributed by atoms with E-state index in [0.29, 0.717) is 24.4 Å². The first kappa shape index (κ1) is 14.3. The average molecular weight is 251 g/mol. The van der Waals surface area contributed by atoms with Gasteiger partial charge in [-0.25, -0.2) is 0 Å². The SMILES string of the molecule is CCNC(=O)c1cc(N)ccc1NCCCOC. The highest BCUT2D eigenvalue weighted by Gasteiger charge is 2.10. The normalized spacial score (nSPS) is 10.1. The van der Waals surface area contributed by atoms with E-state index >= 15 is 0 Å². The van der Waals surface area contributed by atoms with Crippen molar-refractivity contribution in [3.63, 3.8) is 0 Å². The Morgan fingerprint density at radius 1 is 1.44 bits per heavy atom. The second-order valence-corrected chi connectivity index (χ2v) is 3.94. The summed E-state index contributed by atoms with van der Waals surface area (Å²) >= 11 is 0. The molecule has 4 N–H and O–H groups in total. The van der Waals surface area contributed by atoms with E-state index in [2.05, 4.69) is 10.6 Å². The minimum Gasteiger partial charge on any atom is -0.399 e. The molecule has 1 aromatic carbocycles. The van der Waals surface area contributed by atoms with Crippen molar-refractivity contribution < 1.29 is 9.53 Å². The molecule has 0 saturated carbocycles. The van der Waals surface area contributed by atoms with Gasteiger partial charge in [0.2, 0.25) is 0 Å². The van der Waals surface area contributed by atoms with Gasteiger partial charge in [-0.2, -0.15) is 0 Å². The molecule has 0 spiro atoms. The van der Waals surface area contributed by atoms with Gasteiger partial charge in [0.25, 0.3) is 5.91 Å². The van der Waals surface area contributed by atoms with Gasteiger partial charge in [0.15, 0.2) is 0 Å². The van der Waals surface area contributed by atoms with E-state index in [-0.39, 0.29) is 5.91 Å². The molecule has 0 aromatic heterocycles. The van der Waals surface area contributed by atoms with Gasteiger partial charge in [0, 0.05) is 38.2 Å². The molecule has 100 valence electrons. The summed E-state index contributed by atoms with van der Waals surface area (Å²) in [6.45, 7) is 3.93. The summed E-state index contributed by atoms with van der Waals surface area (Å²) in [6.07, 6.45) is 0.885. The number of ether oxygens (including phenoxy) is 1. The van der Waals surface area contributed by atoms with Crippen molar-refractivity contribution in [2.45, 2.75) is 13.3 Å². The van der Waals surface area contributed by atoms with Crippen molar-refractivity contribution in [3.05, 3.63) is 23.8 Å². The number of hydrogen-bond acceptors (Lipinski definition) is 4. The molecule has 0 atom stereocenters. The Morgan fingerprint density at radius 2 is 2.22 bits per heavy atom. The highest BCUT2D eigenvalue weighted by Crippen LogP contribution is 2.18. The van der Waals surface area contributed by atoms with Crippen molar-refractivity contribution in [3.8, 4) is 0 Å². The van der Waals surface area contributed by atoms with Crippen molar-refractivity contribution >= 4 is 17.3 Å². The standard InChI is InChI=1S/C13H21N3O2/c1-3-15-13(17)11-9-10(14)5-6-12(11)16-7-4-8-18-2/h5-6,9,16H,3-4,7-8,14H2,1-2H3,(H,15,17). The average Bonchev–Trinajstić information content (AvgIpc) is 2.36. The van der Waals surface area contributed by atoms with Gasteiger partial charge in [-0.3, -0.25) is 4.79 Å². The van der Waals surface area contributed by atoms with E-state index in [1.165, 1.54) is 0 Å². The fourth-order valence-corrected chi connectivity index (χ4v) is 1.60. The zero-order valence-corrected chi connectivity index (χ0v) is 11.0. The Labute approximate surface area is 108 Å². The number of nitrogens with one attached hydrogen (secondary N) is 2. The van der Waals surface area contributed by atoms with E-state index in [0.717, 1.165) is 18.7 Å².